The highest BCUT2D eigenvalue weighted by Gasteiger charge is 1.98. The molecule has 11 heavy (non-hydrogen) atoms. The molecule has 0 unspecified atom stereocenters. The van der Waals surface area contributed by atoms with E-state index in [1.54, 1.807) is 17.8 Å². The Morgan fingerprint density at radius 2 is 2.45 bits per heavy atom. The molecule has 0 aliphatic rings. The highest BCUT2D eigenvalue weighted by molar-refractivity contribution is 7.99. The van der Waals surface area contributed by atoms with Crippen LogP contribution >= 0.6 is 11.8 Å². The molecule has 0 amide bonds. The number of aromatic nitrogens is 1. The predicted octanol–water partition coefficient (Wildman–Crippen LogP) is 2.74. The molecule has 1 aromatic heterocycles. The van der Waals surface area contributed by atoms with E-state index < -0.39 is 0 Å². The van der Waals surface area contributed by atoms with E-state index in [0.29, 0.717) is 5.82 Å². The third kappa shape index (κ3) is 2.24. The maximum absolute atomic E-state index is 6.73. The van der Waals surface area contributed by atoms with Crippen LogP contribution < -0.4 is 0 Å². The molecule has 0 saturated carbocycles. The fourth-order valence-electron chi connectivity index (χ4n) is 0.694. The molecule has 0 bridgehead atoms. The van der Waals surface area contributed by atoms with E-state index in [4.69, 9.17) is 6.57 Å². The van der Waals surface area contributed by atoms with Crippen LogP contribution in [-0.2, 0) is 0 Å². The highest BCUT2D eigenvalue weighted by Crippen LogP contribution is 2.17. The van der Waals surface area contributed by atoms with E-state index in [0.717, 1.165) is 10.8 Å². The van der Waals surface area contributed by atoms with Crippen LogP contribution in [0.15, 0.2) is 23.2 Å². The molecule has 0 N–H and O–H groups in total. The number of hydrogen-bond acceptors (Lipinski definition) is 2. The first-order valence-corrected chi connectivity index (χ1v) is 4.32. The summed E-state index contributed by atoms with van der Waals surface area (Å²) in [6, 6.07) is 5.49. The minimum Gasteiger partial charge on any atom is -0.361 e. The van der Waals surface area contributed by atoms with Gasteiger partial charge >= 0.3 is 0 Å². The van der Waals surface area contributed by atoms with Crippen LogP contribution in [0.2, 0.25) is 0 Å². The summed E-state index contributed by atoms with van der Waals surface area (Å²) in [7, 11) is 0. The average Bonchev–Trinajstić information content (AvgIpc) is 2.06. The van der Waals surface area contributed by atoms with Crippen molar-refractivity contribution in [2.24, 2.45) is 0 Å². The molecule has 0 aliphatic heterocycles. The van der Waals surface area contributed by atoms with Gasteiger partial charge < -0.3 is 4.85 Å². The van der Waals surface area contributed by atoms with Crippen molar-refractivity contribution in [1.82, 2.24) is 4.98 Å². The molecule has 1 heterocycles. The van der Waals surface area contributed by atoms with Crippen LogP contribution in [0.4, 0.5) is 5.82 Å². The smallest absolute Gasteiger partial charge is 0.270 e. The summed E-state index contributed by atoms with van der Waals surface area (Å²) in [5.41, 5.74) is 0. The third-order valence-corrected chi connectivity index (χ3v) is 1.93. The van der Waals surface area contributed by atoms with E-state index in [2.05, 4.69) is 16.8 Å². The maximum Gasteiger partial charge on any atom is 0.270 e. The zero-order chi connectivity index (χ0) is 8.10. The normalized spacial score (nSPS) is 9.09. The molecule has 0 saturated heterocycles. The zero-order valence-corrected chi connectivity index (χ0v) is 7.06. The summed E-state index contributed by atoms with van der Waals surface area (Å²) in [6.07, 6.45) is 0. The Hall–Kier alpha value is -1.01. The van der Waals surface area contributed by atoms with E-state index in [1.807, 2.05) is 12.1 Å². The van der Waals surface area contributed by atoms with Crippen LogP contribution in [0.3, 0.4) is 0 Å². The van der Waals surface area contributed by atoms with Gasteiger partial charge in [0.05, 0.1) is 0 Å². The van der Waals surface area contributed by atoms with Gasteiger partial charge in [-0.05, 0) is 17.9 Å². The molecule has 0 aromatic carbocycles. The standard InChI is InChI=1S/C8H8N2S/c1-3-11-8-6-4-5-7(9-2)10-8/h4-6H,3H2,1H3. The third-order valence-electron chi connectivity index (χ3n) is 1.12. The first kappa shape index (κ1) is 8.09. The number of rotatable bonds is 2. The second kappa shape index (κ2) is 3.99. The lowest BCUT2D eigenvalue weighted by Gasteiger charge is -1.91. The molecule has 1 rings (SSSR count). The monoisotopic (exact) mass is 164 g/mol. The van der Waals surface area contributed by atoms with Gasteiger partial charge in [0.25, 0.3) is 5.82 Å². The quantitative estimate of drug-likeness (QED) is 0.494. The molecule has 56 valence electrons. The Balaban J connectivity index is 2.85. The number of nitrogens with zero attached hydrogens (tertiary/aromatic N) is 2. The van der Waals surface area contributed by atoms with Crippen molar-refractivity contribution in [3.63, 3.8) is 0 Å². The Labute approximate surface area is 70.5 Å². The van der Waals surface area contributed by atoms with Gasteiger partial charge in [-0.1, -0.05) is 31.3 Å². The summed E-state index contributed by atoms with van der Waals surface area (Å²) < 4.78 is 0. The van der Waals surface area contributed by atoms with Crippen molar-refractivity contribution in [1.29, 1.82) is 0 Å². The summed E-state index contributed by atoms with van der Waals surface area (Å²) in [5.74, 6) is 1.47. The molecule has 0 aliphatic carbocycles. The molecule has 0 fully saturated rings. The number of hydrogen-bond donors (Lipinski definition) is 0. The summed E-state index contributed by atoms with van der Waals surface area (Å²) >= 11 is 1.65. The van der Waals surface area contributed by atoms with Crippen molar-refractivity contribution >= 4 is 17.6 Å². The molecule has 0 spiro atoms. The minimum absolute atomic E-state index is 0.475. The van der Waals surface area contributed by atoms with E-state index in [-0.39, 0.29) is 0 Å². The SMILES string of the molecule is [C-]#[N+]c1cccc(SCC)n1. The lowest BCUT2D eigenvalue weighted by molar-refractivity contribution is 1.15. The predicted molar refractivity (Wildman–Crippen MR) is 46.9 cm³/mol. The summed E-state index contributed by atoms with van der Waals surface area (Å²) in [5, 5.41) is 0.931. The molecule has 3 heteroatoms. The molecular weight excluding hydrogens is 156 g/mol. The fraction of sp³-hybridized carbons (Fsp3) is 0.250. The van der Waals surface area contributed by atoms with Gasteiger partial charge in [0.15, 0.2) is 5.03 Å². The topological polar surface area (TPSA) is 17.2 Å². The van der Waals surface area contributed by atoms with E-state index >= 15 is 0 Å². The number of pyridine rings is 1. The van der Waals surface area contributed by atoms with E-state index in [1.165, 1.54) is 0 Å². The largest absolute Gasteiger partial charge is 0.361 e. The Morgan fingerprint density at radius 3 is 3.09 bits per heavy atom. The molecular formula is C8H8N2S. The van der Waals surface area contributed by atoms with Crippen LogP contribution in [0.25, 0.3) is 4.85 Å². The maximum atomic E-state index is 6.73. The van der Waals surface area contributed by atoms with Crippen molar-refractivity contribution in [2.75, 3.05) is 5.75 Å². The first-order valence-electron chi connectivity index (χ1n) is 3.34. The van der Waals surface area contributed by atoms with Crippen molar-refractivity contribution < 1.29 is 0 Å². The van der Waals surface area contributed by atoms with Crippen LogP contribution in [0, 0.1) is 6.57 Å². The Kier molecular flexibility index (Phi) is 2.94. The highest BCUT2D eigenvalue weighted by atomic mass is 32.2. The van der Waals surface area contributed by atoms with Crippen molar-refractivity contribution in [2.45, 2.75) is 11.9 Å². The Bertz CT molecular complexity index is 278. The van der Waals surface area contributed by atoms with Gasteiger partial charge in [0.1, 0.15) is 0 Å². The van der Waals surface area contributed by atoms with Gasteiger partial charge in [0.2, 0.25) is 0 Å². The van der Waals surface area contributed by atoms with Gasteiger partial charge in [-0.3, -0.25) is 0 Å². The van der Waals surface area contributed by atoms with Crippen LogP contribution in [-0.4, -0.2) is 10.7 Å². The fourth-order valence-corrected chi connectivity index (χ4v) is 1.32. The first-order chi connectivity index (χ1) is 5.36. The van der Waals surface area contributed by atoms with Crippen LogP contribution in [0.5, 0.6) is 0 Å². The number of thioether (sulfide) groups is 1. The molecule has 1 aromatic rings. The zero-order valence-electron chi connectivity index (χ0n) is 6.24. The van der Waals surface area contributed by atoms with Gasteiger partial charge in [-0.15, -0.1) is 4.98 Å². The van der Waals surface area contributed by atoms with Gasteiger partial charge in [0, 0.05) is 0 Å². The van der Waals surface area contributed by atoms with Crippen molar-refractivity contribution in [3.8, 4) is 0 Å². The van der Waals surface area contributed by atoms with E-state index in [9.17, 15) is 0 Å². The lowest BCUT2D eigenvalue weighted by Crippen LogP contribution is -1.77. The summed E-state index contributed by atoms with van der Waals surface area (Å²) in [6.45, 7) is 8.79. The molecule has 0 atom stereocenters. The molecule has 0 radical (unpaired) electrons. The van der Waals surface area contributed by atoms with Gasteiger partial charge in [-0.25, -0.2) is 0 Å². The van der Waals surface area contributed by atoms with Crippen molar-refractivity contribution in [3.05, 3.63) is 29.6 Å². The Morgan fingerprint density at radius 1 is 1.64 bits per heavy atom. The van der Waals surface area contributed by atoms with Gasteiger partial charge in [-0.2, -0.15) is 0 Å². The van der Waals surface area contributed by atoms with Crippen LogP contribution in [0.1, 0.15) is 6.92 Å². The average molecular weight is 164 g/mol. The second-order valence-corrected chi connectivity index (χ2v) is 3.16. The summed E-state index contributed by atoms with van der Waals surface area (Å²) in [4.78, 5) is 7.33. The lowest BCUT2D eigenvalue weighted by atomic mass is 10.5. The minimum atomic E-state index is 0.475. The second-order valence-electron chi connectivity index (χ2n) is 1.88. The molecule has 2 nitrogen and oxygen atoms in total.